The molecule has 1 amide bonds. The Hall–Kier alpha value is -2.86. The first-order valence-electron chi connectivity index (χ1n) is 9.85. The minimum atomic E-state index is -0.997. The lowest BCUT2D eigenvalue weighted by atomic mass is 9.78. The predicted molar refractivity (Wildman–Crippen MR) is 110 cm³/mol. The molecule has 0 N–H and O–H groups in total. The molecule has 2 aliphatic rings. The number of hydrogen-bond acceptors (Lipinski definition) is 5. The normalized spacial score (nSPS) is 21.7. The van der Waals surface area contributed by atoms with Crippen LogP contribution in [0.25, 0.3) is 5.57 Å². The summed E-state index contributed by atoms with van der Waals surface area (Å²) < 4.78 is 16.0. The predicted octanol–water partition coefficient (Wildman–Crippen LogP) is 3.00. The molecule has 0 aromatic heterocycles. The summed E-state index contributed by atoms with van der Waals surface area (Å²) in [5.74, 6) is 0.285. The number of ether oxygens (including phenoxy) is 3. The number of benzene rings is 1. The van der Waals surface area contributed by atoms with Crippen molar-refractivity contribution in [2.24, 2.45) is 5.41 Å². The van der Waals surface area contributed by atoms with Crippen LogP contribution >= 0.6 is 0 Å². The summed E-state index contributed by atoms with van der Waals surface area (Å²) >= 11 is 0. The van der Waals surface area contributed by atoms with Gasteiger partial charge in [-0.15, -0.1) is 0 Å². The molecule has 1 unspecified atom stereocenters. The Morgan fingerprint density at radius 3 is 2.66 bits per heavy atom. The van der Waals surface area contributed by atoms with E-state index in [2.05, 4.69) is 0 Å². The monoisotopic (exact) mass is 397 g/mol. The van der Waals surface area contributed by atoms with Gasteiger partial charge >= 0.3 is 5.97 Å². The second kappa shape index (κ2) is 9.56. The van der Waals surface area contributed by atoms with Crippen LogP contribution in [-0.2, 0) is 19.1 Å². The highest BCUT2D eigenvalue weighted by molar-refractivity contribution is 5.91. The van der Waals surface area contributed by atoms with Gasteiger partial charge in [-0.3, -0.25) is 9.59 Å². The van der Waals surface area contributed by atoms with Gasteiger partial charge in [0, 0.05) is 24.7 Å². The first-order chi connectivity index (χ1) is 14.1. The van der Waals surface area contributed by atoms with Crippen molar-refractivity contribution in [2.45, 2.75) is 13.3 Å². The molecule has 0 radical (unpaired) electrons. The van der Waals surface area contributed by atoms with E-state index in [4.69, 9.17) is 14.2 Å². The van der Waals surface area contributed by atoms with Gasteiger partial charge in [-0.05, 0) is 25.0 Å². The van der Waals surface area contributed by atoms with E-state index >= 15 is 0 Å². The largest absolute Gasteiger partial charge is 0.496 e. The van der Waals surface area contributed by atoms with E-state index in [0.717, 1.165) is 16.9 Å². The van der Waals surface area contributed by atoms with E-state index in [1.54, 1.807) is 25.0 Å². The van der Waals surface area contributed by atoms with Crippen molar-refractivity contribution in [1.82, 2.24) is 4.90 Å². The first kappa shape index (κ1) is 20.9. The van der Waals surface area contributed by atoms with Crippen LogP contribution in [0.5, 0.6) is 5.75 Å². The number of hydrogen-bond donors (Lipinski definition) is 0. The smallest absolute Gasteiger partial charge is 0.320 e. The fourth-order valence-corrected chi connectivity index (χ4v) is 3.45. The third kappa shape index (κ3) is 4.77. The Kier molecular flexibility index (Phi) is 6.88. The third-order valence-electron chi connectivity index (χ3n) is 5.14. The number of methoxy groups -OCH3 is 1. The molecule has 1 fully saturated rings. The molecular weight excluding hydrogens is 370 g/mol. The second-order valence-electron chi connectivity index (χ2n) is 6.93. The van der Waals surface area contributed by atoms with Gasteiger partial charge in [0.1, 0.15) is 11.2 Å². The third-order valence-corrected chi connectivity index (χ3v) is 5.14. The molecule has 0 saturated carbocycles. The molecule has 1 aromatic carbocycles. The number of carbonyl (C=O) groups excluding carboxylic acids is 2. The molecule has 154 valence electrons. The van der Waals surface area contributed by atoms with Crippen LogP contribution in [0.4, 0.5) is 0 Å². The topological polar surface area (TPSA) is 65.1 Å². The number of carbonyl (C=O) groups is 2. The van der Waals surface area contributed by atoms with Crippen LogP contribution in [0.2, 0.25) is 0 Å². The summed E-state index contributed by atoms with van der Waals surface area (Å²) in [7, 11) is 1.63. The first-order valence-corrected chi connectivity index (χ1v) is 9.85. The van der Waals surface area contributed by atoms with E-state index in [1.807, 2.05) is 42.5 Å². The highest BCUT2D eigenvalue weighted by atomic mass is 16.5. The lowest BCUT2D eigenvalue weighted by Crippen LogP contribution is -2.40. The zero-order chi connectivity index (χ0) is 20.7. The van der Waals surface area contributed by atoms with Crippen molar-refractivity contribution in [3.63, 3.8) is 0 Å². The van der Waals surface area contributed by atoms with Gasteiger partial charge in [0.05, 0.1) is 26.9 Å². The summed E-state index contributed by atoms with van der Waals surface area (Å²) in [5, 5.41) is 0. The summed E-state index contributed by atoms with van der Waals surface area (Å²) in [6, 6.07) is 7.74. The number of amides is 1. The summed E-state index contributed by atoms with van der Waals surface area (Å²) in [6.45, 7) is 4.24. The van der Waals surface area contributed by atoms with Gasteiger partial charge in [-0.1, -0.05) is 42.5 Å². The van der Waals surface area contributed by atoms with Crippen LogP contribution in [0.1, 0.15) is 18.9 Å². The van der Waals surface area contributed by atoms with Gasteiger partial charge in [0.2, 0.25) is 5.91 Å². The highest BCUT2D eigenvalue weighted by Gasteiger charge is 2.36. The maximum atomic E-state index is 12.8. The Morgan fingerprint density at radius 2 is 2.00 bits per heavy atom. The maximum absolute atomic E-state index is 12.8. The Morgan fingerprint density at radius 1 is 1.24 bits per heavy atom. The molecule has 1 aliphatic carbocycles. The van der Waals surface area contributed by atoms with E-state index in [9.17, 15) is 9.59 Å². The standard InChI is InChI=1S/C23H27NO5/c1-3-29-22(26)23(13-10-21(25)24-14-16-28-17-15-24)11-8-18(9-12-23)19-6-4-5-7-20(19)27-2/h4-11,13H,3,12,14-17H2,1-2H3. The van der Waals surface area contributed by atoms with E-state index in [-0.39, 0.29) is 18.5 Å². The number of esters is 1. The molecule has 6 nitrogen and oxygen atoms in total. The number of morpholine rings is 1. The van der Waals surface area contributed by atoms with Crippen molar-refractivity contribution in [2.75, 3.05) is 40.0 Å². The Bertz CT molecular complexity index is 835. The maximum Gasteiger partial charge on any atom is 0.320 e. The minimum absolute atomic E-state index is 0.120. The molecule has 1 atom stereocenters. The molecule has 0 bridgehead atoms. The number of allylic oxidation sites excluding steroid dienone is 3. The Balaban J connectivity index is 1.83. The van der Waals surface area contributed by atoms with Gasteiger partial charge in [0.15, 0.2) is 0 Å². The molecule has 1 heterocycles. The molecule has 0 spiro atoms. The number of nitrogens with zero attached hydrogens (tertiary/aromatic N) is 1. The minimum Gasteiger partial charge on any atom is -0.496 e. The van der Waals surface area contributed by atoms with Crippen LogP contribution in [0, 0.1) is 5.41 Å². The van der Waals surface area contributed by atoms with Gasteiger partial charge in [-0.2, -0.15) is 0 Å². The van der Waals surface area contributed by atoms with Crippen molar-refractivity contribution in [3.05, 3.63) is 60.2 Å². The fraction of sp³-hybridized carbons (Fsp3) is 0.391. The van der Waals surface area contributed by atoms with E-state index in [1.165, 1.54) is 6.08 Å². The molecule has 1 saturated heterocycles. The zero-order valence-electron chi connectivity index (χ0n) is 16.9. The molecule has 1 aliphatic heterocycles. The summed E-state index contributed by atoms with van der Waals surface area (Å²) in [4.78, 5) is 27.0. The lowest BCUT2D eigenvalue weighted by Gasteiger charge is -2.28. The summed E-state index contributed by atoms with van der Waals surface area (Å²) in [5.41, 5.74) is 0.927. The van der Waals surface area contributed by atoms with Crippen molar-refractivity contribution < 1.29 is 23.8 Å². The van der Waals surface area contributed by atoms with Gasteiger partial charge < -0.3 is 19.1 Å². The van der Waals surface area contributed by atoms with Crippen LogP contribution in [-0.4, -0.2) is 56.8 Å². The summed E-state index contributed by atoms with van der Waals surface area (Å²) in [6.07, 6.45) is 9.24. The number of rotatable bonds is 6. The van der Waals surface area contributed by atoms with Crippen LogP contribution < -0.4 is 4.74 Å². The van der Waals surface area contributed by atoms with Crippen molar-refractivity contribution >= 4 is 17.4 Å². The Labute approximate surface area is 171 Å². The lowest BCUT2D eigenvalue weighted by molar-refractivity contribution is -0.149. The van der Waals surface area contributed by atoms with Crippen molar-refractivity contribution in [1.29, 1.82) is 0 Å². The quantitative estimate of drug-likeness (QED) is 0.545. The number of para-hydroxylation sites is 1. The molecule has 1 aromatic rings. The average molecular weight is 397 g/mol. The van der Waals surface area contributed by atoms with Crippen molar-refractivity contribution in [3.8, 4) is 5.75 Å². The van der Waals surface area contributed by atoms with Crippen LogP contribution in [0.15, 0.2) is 54.6 Å². The fourth-order valence-electron chi connectivity index (χ4n) is 3.45. The van der Waals surface area contributed by atoms with Gasteiger partial charge in [0.25, 0.3) is 0 Å². The highest BCUT2D eigenvalue weighted by Crippen LogP contribution is 2.38. The second-order valence-corrected chi connectivity index (χ2v) is 6.93. The van der Waals surface area contributed by atoms with Gasteiger partial charge in [-0.25, -0.2) is 0 Å². The molecule has 3 rings (SSSR count). The SMILES string of the molecule is CCOC(=O)C1(C=CC(=O)N2CCOCC2)C=CC(c2ccccc2OC)=CC1. The van der Waals surface area contributed by atoms with Crippen LogP contribution in [0.3, 0.4) is 0 Å². The molecular formula is C23H27NO5. The zero-order valence-corrected chi connectivity index (χ0v) is 16.9. The molecule has 6 heteroatoms. The molecule has 29 heavy (non-hydrogen) atoms. The average Bonchev–Trinajstić information content (AvgIpc) is 2.78. The van der Waals surface area contributed by atoms with E-state index in [0.29, 0.717) is 32.7 Å². The van der Waals surface area contributed by atoms with E-state index < -0.39 is 5.41 Å².